The maximum absolute atomic E-state index is 12.2. The first-order valence-corrected chi connectivity index (χ1v) is 8.80. The van der Waals surface area contributed by atoms with Gasteiger partial charge in [0.1, 0.15) is 10.9 Å². The van der Waals surface area contributed by atoms with Crippen LogP contribution in [0, 0.1) is 0 Å². The van der Waals surface area contributed by atoms with Crippen LogP contribution < -0.4 is 0 Å². The highest BCUT2D eigenvalue weighted by atomic mass is 35.5. The largest absolute Gasteiger partial charge is 0.422 e. The first-order chi connectivity index (χ1) is 12.5. The highest BCUT2D eigenvalue weighted by Gasteiger charge is 2.22. The number of aromatic nitrogens is 1. The van der Waals surface area contributed by atoms with Gasteiger partial charge in [0, 0.05) is 26.6 Å². The molecule has 0 saturated heterocycles. The molecular weight excluding hydrogens is 393 g/mol. The van der Waals surface area contributed by atoms with E-state index < -0.39 is 5.97 Å². The van der Waals surface area contributed by atoms with Crippen molar-refractivity contribution in [3.05, 3.63) is 86.5 Å². The SMILES string of the molecule is O=C1OC(c2ccc(Cl)cc2)=C/C1=C/c1cc2cc(Cl)ccc2nc1Cl. The zero-order valence-electron chi connectivity index (χ0n) is 13.2. The van der Waals surface area contributed by atoms with Crippen molar-refractivity contribution in [2.45, 2.75) is 0 Å². The fourth-order valence-corrected chi connectivity index (χ4v) is 3.16. The second-order valence-electron chi connectivity index (χ2n) is 5.71. The maximum Gasteiger partial charge on any atom is 0.343 e. The van der Waals surface area contributed by atoms with Crippen LogP contribution in [0.4, 0.5) is 0 Å². The number of esters is 1. The maximum atomic E-state index is 12.2. The number of fused-ring (bicyclic) bond motifs is 1. The third-order valence-electron chi connectivity index (χ3n) is 3.92. The van der Waals surface area contributed by atoms with Crippen molar-refractivity contribution in [2.75, 3.05) is 0 Å². The van der Waals surface area contributed by atoms with Gasteiger partial charge < -0.3 is 4.74 Å². The Bertz CT molecular complexity index is 1100. The summed E-state index contributed by atoms with van der Waals surface area (Å²) in [5, 5.41) is 2.35. The second-order valence-corrected chi connectivity index (χ2v) is 6.94. The minimum Gasteiger partial charge on any atom is -0.422 e. The Balaban J connectivity index is 1.75. The molecule has 0 radical (unpaired) electrons. The van der Waals surface area contributed by atoms with Gasteiger partial charge in [0.05, 0.1) is 11.1 Å². The number of ether oxygens (including phenoxy) is 1. The van der Waals surface area contributed by atoms with Gasteiger partial charge in [-0.2, -0.15) is 0 Å². The Morgan fingerprint density at radius 1 is 0.923 bits per heavy atom. The lowest BCUT2D eigenvalue weighted by molar-refractivity contribution is -0.130. The first-order valence-electron chi connectivity index (χ1n) is 7.67. The molecular formula is C20H10Cl3NO2. The molecule has 2 heterocycles. The summed E-state index contributed by atoms with van der Waals surface area (Å²) in [6.45, 7) is 0. The van der Waals surface area contributed by atoms with E-state index >= 15 is 0 Å². The molecule has 3 aromatic rings. The number of carbonyl (C=O) groups excluding carboxylic acids is 1. The van der Waals surface area contributed by atoms with E-state index in [9.17, 15) is 4.79 Å². The smallest absolute Gasteiger partial charge is 0.343 e. The summed E-state index contributed by atoms with van der Waals surface area (Å²) in [6.07, 6.45) is 3.32. The third kappa shape index (κ3) is 3.34. The highest BCUT2D eigenvalue weighted by molar-refractivity contribution is 6.32. The number of halogens is 3. The molecule has 6 heteroatoms. The lowest BCUT2D eigenvalue weighted by atomic mass is 10.1. The van der Waals surface area contributed by atoms with E-state index in [4.69, 9.17) is 39.5 Å². The Hall–Kier alpha value is -2.33. The van der Waals surface area contributed by atoms with Gasteiger partial charge in [0.25, 0.3) is 0 Å². The fourth-order valence-electron chi connectivity index (χ4n) is 2.65. The lowest BCUT2D eigenvalue weighted by Gasteiger charge is -2.03. The van der Waals surface area contributed by atoms with E-state index in [1.807, 2.05) is 6.07 Å². The van der Waals surface area contributed by atoms with E-state index in [0.717, 1.165) is 16.5 Å². The van der Waals surface area contributed by atoms with E-state index in [2.05, 4.69) is 4.98 Å². The molecule has 128 valence electrons. The molecule has 1 aliphatic rings. The van der Waals surface area contributed by atoms with Crippen LogP contribution in [0.15, 0.2) is 60.2 Å². The Labute approximate surface area is 164 Å². The summed E-state index contributed by atoms with van der Waals surface area (Å²) in [5.74, 6) is 0.0167. The van der Waals surface area contributed by atoms with E-state index in [1.165, 1.54) is 0 Å². The van der Waals surface area contributed by atoms with Crippen LogP contribution in [0.2, 0.25) is 15.2 Å². The van der Waals surface area contributed by atoms with Crippen LogP contribution in [0.5, 0.6) is 0 Å². The van der Waals surface area contributed by atoms with Crippen molar-refractivity contribution < 1.29 is 9.53 Å². The van der Waals surface area contributed by atoms with Gasteiger partial charge in [-0.05, 0) is 60.7 Å². The number of hydrogen-bond donors (Lipinski definition) is 0. The van der Waals surface area contributed by atoms with Gasteiger partial charge >= 0.3 is 5.97 Å². The van der Waals surface area contributed by atoms with Crippen LogP contribution in [-0.2, 0) is 9.53 Å². The number of pyridine rings is 1. The van der Waals surface area contributed by atoms with Crippen LogP contribution in [0.1, 0.15) is 11.1 Å². The molecule has 0 unspecified atom stereocenters. The summed E-state index contributed by atoms with van der Waals surface area (Å²) in [6, 6.07) is 14.2. The minimum absolute atomic E-state index is 0.300. The van der Waals surface area contributed by atoms with Crippen LogP contribution in [-0.4, -0.2) is 11.0 Å². The van der Waals surface area contributed by atoms with Crippen molar-refractivity contribution in [1.29, 1.82) is 0 Å². The van der Waals surface area contributed by atoms with E-state index in [-0.39, 0.29) is 0 Å². The number of nitrogens with zero attached hydrogens (tertiary/aromatic N) is 1. The Morgan fingerprint density at radius 3 is 2.42 bits per heavy atom. The van der Waals surface area contributed by atoms with Crippen LogP contribution in [0.3, 0.4) is 0 Å². The molecule has 4 rings (SSSR count). The number of rotatable bonds is 2. The minimum atomic E-state index is -0.447. The van der Waals surface area contributed by atoms with Crippen LogP contribution >= 0.6 is 34.8 Å². The number of cyclic esters (lactones) is 1. The van der Waals surface area contributed by atoms with Crippen LogP contribution in [0.25, 0.3) is 22.7 Å². The zero-order valence-corrected chi connectivity index (χ0v) is 15.4. The molecule has 1 aromatic heterocycles. The van der Waals surface area contributed by atoms with Gasteiger partial charge in [-0.3, -0.25) is 0 Å². The fraction of sp³-hybridized carbons (Fsp3) is 0. The molecule has 26 heavy (non-hydrogen) atoms. The molecule has 0 atom stereocenters. The standard InChI is InChI=1S/C20H10Cl3NO2/c21-15-3-1-11(2-4-15)18-10-14(20(25)26-18)8-13-7-12-9-16(22)5-6-17(12)24-19(13)23/h1-10H/b14-8-. The molecule has 0 N–H and O–H groups in total. The lowest BCUT2D eigenvalue weighted by Crippen LogP contribution is -1.97. The Kier molecular flexibility index (Phi) is 4.45. The van der Waals surface area contributed by atoms with Gasteiger partial charge in [-0.1, -0.05) is 34.8 Å². The predicted molar refractivity (Wildman–Crippen MR) is 105 cm³/mol. The third-order valence-corrected chi connectivity index (χ3v) is 4.71. The monoisotopic (exact) mass is 401 g/mol. The average molecular weight is 403 g/mol. The number of carbonyl (C=O) groups is 1. The van der Waals surface area contributed by atoms with Crippen molar-refractivity contribution in [2.24, 2.45) is 0 Å². The molecule has 0 fully saturated rings. The van der Waals surface area contributed by atoms with E-state index in [1.54, 1.807) is 54.6 Å². The first kappa shape index (κ1) is 17.1. The van der Waals surface area contributed by atoms with Gasteiger partial charge in [-0.25, -0.2) is 9.78 Å². The molecule has 0 saturated carbocycles. The van der Waals surface area contributed by atoms with Gasteiger partial charge in [0.15, 0.2) is 0 Å². The molecule has 0 bridgehead atoms. The molecule has 0 spiro atoms. The van der Waals surface area contributed by atoms with Crippen molar-refractivity contribution in [3.63, 3.8) is 0 Å². The Morgan fingerprint density at radius 2 is 1.65 bits per heavy atom. The number of benzene rings is 2. The summed E-state index contributed by atoms with van der Waals surface area (Å²) >= 11 is 18.2. The quantitative estimate of drug-likeness (QED) is 0.292. The topological polar surface area (TPSA) is 39.2 Å². The molecule has 3 nitrogen and oxygen atoms in total. The molecule has 1 aliphatic heterocycles. The molecule has 0 amide bonds. The molecule has 2 aromatic carbocycles. The average Bonchev–Trinajstić information content (AvgIpc) is 2.97. The summed E-state index contributed by atoms with van der Waals surface area (Å²) < 4.78 is 5.34. The van der Waals surface area contributed by atoms with Crippen molar-refractivity contribution in [3.8, 4) is 0 Å². The summed E-state index contributed by atoms with van der Waals surface area (Å²) in [7, 11) is 0. The predicted octanol–water partition coefficient (Wildman–Crippen LogP) is 6.18. The van der Waals surface area contributed by atoms with E-state index in [0.29, 0.717) is 32.1 Å². The van der Waals surface area contributed by atoms with Crippen molar-refractivity contribution >= 4 is 63.5 Å². The normalized spacial score (nSPS) is 15.4. The molecule has 0 aliphatic carbocycles. The van der Waals surface area contributed by atoms with Crippen molar-refractivity contribution in [1.82, 2.24) is 4.98 Å². The van der Waals surface area contributed by atoms with Gasteiger partial charge in [-0.15, -0.1) is 0 Å². The summed E-state index contributed by atoms with van der Waals surface area (Å²) in [5.41, 5.74) is 2.50. The van der Waals surface area contributed by atoms with Gasteiger partial charge in [0.2, 0.25) is 0 Å². The second kappa shape index (κ2) is 6.76. The zero-order chi connectivity index (χ0) is 18.3. The number of hydrogen-bond acceptors (Lipinski definition) is 3. The highest BCUT2D eigenvalue weighted by Crippen LogP contribution is 2.30. The summed E-state index contributed by atoms with van der Waals surface area (Å²) in [4.78, 5) is 16.6.